The van der Waals surface area contributed by atoms with Gasteiger partial charge in [-0.05, 0) is 24.1 Å². The predicted molar refractivity (Wildman–Crippen MR) is 117 cm³/mol. The van der Waals surface area contributed by atoms with Crippen molar-refractivity contribution in [3.05, 3.63) is 53.1 Å². The molecule has 0 atom stereocenters. The second-order valence-electron chi connectivity index (χ2n) is 6.94. The van der Waals surface area contributed by atoms with Gasteiger partial charge in [0.15, 0.2) is 0 Å². The standard InChI is InChI=1S/C21H24ClN3O5S/c1-3-6-21(28)25(13-20(23)27)12-15-9-10-16(18(22)11-15)17-7-4-5-8-19(17)31(29,30)24-14(2)26/h4-5,7-11H,3,6,12-13H2,1-2H3,(H2,23,27)(H,24,26). The van der Waals surface area contributed by atoms with Gasteiger partial charge in [0, 0.05) is 36.0 Å². The van der Waals surface area contributed by atoms with E-state index in [0.29, 0.717) is 23.1 Å². The minimum absolute atomic E-state index is 0.0895. The van der Waals surface area contributed by atoms with Crippen molar-refractivity contribution >= 4 is 39.3 Å². The van der Waals surface area contributed by atoms with Gasteiger partial charge in [-0.25, -0.2) is 13.1 Å². The maximum absolute atomic E-state index is 12.5. The molecule has 0 spiro atoms. The SMILES string of the molecule is CCCC(=O)N(CC(N)=O)Cc1ccc(-c2ccccc2S(=O)(=O)NC(C)=O)c(Cl)c1. The predicted octanol–water partition coefficient (Wildman–Crippen LogP) is 2.45. The lowest BCUT2D eigenvalue weighted by Crippen LogP contribution is -2.37. The molecule has 3 amide bonds. The minimum atomic E-state index is -4.08. The molecule has 0 radical (unpaired) electrons. The molecule has 0 aromatic heterocycles. The van der Waals surface area contributed by atoms with Crippen molar-refractivity contribution in [3.63, 3.8) is 0 Å². The molecule has 0 saturated heterocycles. The highest BCUT2D eigenvalue weighted by molar-refractivity contribution is 7.90. The number of rotatable bonds is 9. The first-order chi connectivity index (χ1) is 14.5. The lowest BCUT2D eigenvalue weighted by Gasteiger charge is -2.21. The smallest absolute Gasteiger partial charge is 0.264 e. The number of nitrogens with zero attached hydrogens (tertiary/aromatic N) is 1. The van der Waals surface area contributed by atoms with E-state index in [2.05, 4.69) is 0 Å². The Morgan fingerprint density at radius 2 is 1.77 bits per heavy atom. The number of sulfonamides is 1. The van der Waals surface area contributed by atoms with Crippen LogP contribution < -0.4 is 10.5 Å². The largest absolute Gasteiger partial charge is 0.368 e. The van der Waals surface area contributed by atoms with Crippen LogP contribution in [-0.2, 0) is 31.0 Å². The Morgan fingerprint density at radius 3 is 2.35 bits per heavy atom. The molecule has 0 saturated carbocycles. The molecule has 0 fully saturated rings. The second kappa shape index (κ2) is 10.4. The van der Waals surface area contributed by atoms with E-state index in [4.69, 9.17) is 17.3 Å². The number of amides is 3. The van der Waals surface area contributed by atoms with Crippen LogP contribution in [0.5, 0.6) is 0 Å². The summed E-state index contributed by atoms with van der Waals surface area (Å²) in [5, 5.41) is 0.255. The van der Waals surface area contributed by atoms with Crippen LogP contribution in [0.4, 0.5) is 0 Å². The van der Waals surface area contributed by atoms with Gasteiger partial charge in [0.05, 0.1) is 11.4 Å². The van der Waals surface area contributed by atoms with E-state index in [1.54, 1.807) is 36.4 Å². The van der Waals surface area contributed by atoms with E-state index < -0.39 is 21.8 Å². The summed E-state index contributed by atoms with van der Waals surface area (Å²) in [5.41, 5.74) is 6.68. The molecule has 0 aliphatic rings. The highest BCUT2D eigenvalue weighted by atomic mass is 35.5. The third-order valence-corrected chi connectivity index (χ3v) is 6.12. The van der Waals surface area contributed by atoms with E-state index in [0.717, 1.165) is 6.92 Å². The van der Waals surface area contributed by atoms with E-state index in [1.807, 2.05) is 11.6 Å². The molecule has 2 aromatic carbocycles. The molecule has 2 rings (SSSR count). The molecular weight excluding hydrogens is 442 g/mol. The van der Waals surface area contributed by atoms with E-state index >= 15 is 0 Å². The Kier molecular flexibility index (Phi) is 8.18. The number of carbonyl (C=O) groups excluding carboxylic acids is 3. The molecule has 0 aliphatic heterocycles. The summed E-state index contributed by atoms with van der Waals surface area (Å²) in [7, 11) is -4.08. The molecule has 2 aromatic rings. The van der Waals surface area contributed by atoms with Crippen molar-refractivity contribution in [2.75, 3.05) is 6.54 Å². The Hall–Kier alpha value is -2.91. The maximum Gasteiger partial charge on any atom is 0.264 e. The quantitative estimate of drug-likeness (QED) is 0.588. The highest BCUT2D eigenvalue weighted by Crippen LogP contribution is 2.33. The van der Waals surface area contributed by atoms with Crippen molar-refractivity contribution in [1.82, 2.24) is 9.62 Å². The van der Waals surface area contributed by atoms with E-state index in [-0.39, 0.29) is 35.3 Å². The van der Waals surface area contributed by atoms with Crippen molar-refractivity contribution < 1.29 is 22.8 Å². The van der Waals surface area contributed by atoms with Crippen molar-refractivity contribution in [1.29, 1.82) is 0 Å². The Labute approximate surface area is 186 Å². The summed E-state index contributed by atoms with van der Waals surface area (Å²) < 4.78 is 27.0. The molecule has 0 heterocycles. The molecule has 8 nitrogen and oxygen atoms in total. The van der Waals surface area contributed by atoms with Crippen LogP contribution in [0.25, 0.3) is 11.1 Å². The van der Waals surface area contributed by atoms with Gasteiger partial charge in [0.2, 0.25) is 17.7 Å². The summed E-state index contributed by atoms with van der Waals surface area (Å²) in [4.78, 5) is 36.2. The molecule has 10 heteroatoms. The summed E-state index contributed by atoms with van der Waals surface area (Å²) in [6.45, 7) is 2.89. The zero-order valence-corrected chi connectivity index (χ0v) is 18.8. The van der Waals surface area contributed by atoms with Crippen molar-refractivity contribution in [3.8, 4) is 11.1 Å². The zero-order chi connectivity index (χ0) is 23.2. The average Bonchev–Trinajstić information content (AvgIpc) is 2.66. The number of benzene rings is 2. The van der Waals surface area contributed by atoms with Crippen LogP contribution in [0, 0.1) is 0 Å². The van der Waals surface area contributed by atoms with Crippen molar-refractivity contribution in [2.24, 2.45) is 5.73 Å². The lowest BCUT2D eigenvalue weighted by molar-refractivity contribution is -0.135. The van der Waals surface area contributed by atoms with Crippen LogP contribution >= 0.6 is 11.6 Å². The summed E-state index contributed by atoms with van der Waals surface area (Å²) >= 11 is 6.44. The van der Waals surface area contributed by atoms with Gasteiger partial charge in [-0.3, -0.25) is 14.4 Å². The van der Waals surface area contributed by atoms with Crippen LogP contribution in [0.3, 0.4) is 0 Å². The van der Waals surface area contributed by atoms with Crippen LogP contribution in [0.15, 0.2) is 47.4 Å². The topological polar surface area (TPSA) is 127 Å². The molecule has 31 heavy (non-hydrogen) atoms. The maximum atomic E-state index is 12.5. The second-order valence-corrected chi connectivity index (χ2v) is 9.00. The lowest BCUT2D eigenvalue weighted by atomic mass is 10.0. The first-order valence-corrected chi connectivity index (χ1v) is 11.4. The van der Waals surface area contributed by atoms with E-state index in [9.17, 15) is 22.8 Å². The monoisotopic (exact) mass is 465 g/mol. The van der Waals surface area contributed by atoms with Gasteiger partial charge in [-0.1, -0.05) is 48.9 Å². The third-order valence-electron chi connectivity index (χ3n) is 4.32. The number of halogens is 1. The molecule has 166 valence electrons. The Bertz CT molecular complexity index is 1100. The Balaban J connectivity index is 2.41. The fourth-order valence-corrected chi connectivity index (χ4v) is 4.57. The summed E-state index contributed by atoms with van der Waals surface area (Å²) in [5.74, 6) is -1.53. The van der Waals surface area contributed by atoms with Gasteiger partial charge in [0.1, 0.15) is 0 Å². The third kappa shape index (κ3) is 6.53. The number of carbonyl (C=O) groups is 3. The molecular formula is C21H24ClN3O5S. The summed E-state index contributed by atoms with van der Waals surface area (Å²) in [6, 6.07) is 11.1. The summed E-state index contributed by atoms with van der Waals surface area (Å²) in [6.07, 6.45) is 0.917. The Morgan fingerprint density at radius 1 is 1.10 bits per heavy atom. The molecule has 0 unspecified atom stereocenters. The molecule has 3 N–H and O–H groups in total. The molecule has 0 bridgehead atoms. The fraction of sp³-hybridized carbons (Fsp3) is 0.286. The normalized spacial score (nSPS) is 11.1. The zero-order valence-electron chi connectivity index (χ0n) is 17.2. The molecule has 0 aliphatic carbocycles. The number of nitrogens with one attached hydrogen (secondary N) is 1. The minimum Gasteiger partial charge on any atom is -0.368 e. The number of primary amides is 1. The van der Waals surface area contributed by atoms with Gasteiger partial charge >= 0.3 is 0 Å². The number of hydrogen-bond acceptors (Lipinski definition) is 5. The van der Waals surface area contributed by atoms with Gasteiger partial charge in [0.25, 0.3) is 10.0 Å². The first kappa shape index (κ1) is 24.4. The fourth-order valence-electron chi connectivity index (χ4n) is 3.06. The number of nitrogens with two attached hydrogens (primary N) is 1. The van der Waals surface area contributed by atoms with Crippen molar-refractivity contribution in [2.45, 2.75) is 38.1 Å². The van der Waals surface area contributed by atoms with Gasteiger partial charge in [-0.2, -0.15) is 0 Å². The van der Waals surface area contributed by atoms with Gasteiger partial charge in [-0.15, -0.1) is 0 Å². The first-order valence-electron chi connectivity index (χ1n) is 9.52. The van der Waals surface area contributed by atoms with Gasteiger partial charge < -0.3 is 10.6 Å². The van der Waals surface area contributed by atoms with Crippen LogP contribution in [-0.4, -0.2) is 37.6 Å². The van der Waals surface area contributed by atoms with E-state index in [1.165, 1.54) is 11.0 Å². The average molecular weight is 466 g/mol. The van der Waals surface area contributed by atoms with Crippen LogP contribution in [0.1, 0.15) is 32.3 Å². The van der Waals surface area contributed by atoms with Crippen LogP contribution in [0.2, 0.25) is 5.02 Å². The highest BCUT2D eigenvalue weighted by Gasteiger charge is 2.22. The number of hydrogen-bond donors (Lipinski definition) is 2.